The lowest BCUT2D eigenvalue weighted by atomic mass is 9.99. The molecule has 102 valence electrons. The van der Waals surface area contributed by atoms with Crippen LogP contribution in [-0.4, -0.2) is 20.2 Å². The zero-order valence-corrected chi connectivity index (χ0v) is 11.3. The van der Waals surface area contributed by atoms with Crippen molar-refractivity contribution in [3.8, 4) is 11.5 Å². The van der Waals surface area contributed by atoms with Crippen molar-refractivity contribution in [2.45, 2.75) is 6.10 Å². The number of carbonyl (C=O) groups excluding carboxylic acids is 1. The van der Waals surface area contributed by atoms with Gasteiger partial charge >= 0.3 is 5.97 Å². The third kappa shape index (κ3) is 1.90. The number of benzene rings is 2. The van der Waals surface area contributed by atoms with Crippen molar-refractivity contribution in [2.24, 2.45) is 0 Å². The number of carbonyl (C=O) groups is 1. The van der Waals surface area contributed by atoms with E-state index in [1.54, 1.807) is 20.3 Å². The Labute approximate surface area is 116 Å². The van der Waals surface area contributed by atoms with Crippen LogP contribution in [0.2, 0.25) is 0 Å². The Morgan fingerprint density at radius 1 is 1.00 bits per heavy atom. The highest BCUT2D eigenvalue weighted by Gasteiger charge is 2.32. The van der Waals surface area contributed by atoms with Crippen molar-refractivity contribution in [3.63, 3.8) is 0 Å². The second kappa shape index (κ2) is 4.89. The summed E-state index contributed by atoms with van der Waals surface area (Å²) in [7, 11) is 3.17. The molecule has 3 rings (SSSR count). The van der Waals surface area contributed by atoms with E-state index in [9.17, 15) is 4.79 Å². The number of hydrogen-bond donors (Lipinski definition) is 0. The molecule has 2 aromatic carbocycles. The van der Waals surface area contributed by atoms with Crippen LogP contribution in [0.5, 0.6) is 11.5 Å². The minimum atomic E-state index is -0.390. The third-order valence-corrected chi connectivity index (χ3v) is 3.40. The average Bonchev–Trinajstić information content (AvgIpc) is 2.84. The van der Waals surface area contributed by atoms with E-state index in [4.69, 9.17) is 14.2 Å². The molecule has 0 unspecified atom stereocenters. The van der Waals surface area contributed by atoms with E-state index in [1.807, 2.05) is 36.4 Å². The molecule has 4 nitrogen and oxygen atoms in total. The van der Waals surface area contributed by atoms with Gasteiger partial charge in [-0.15, -0.1) is 0 Å². The first kappa shape index (κ1) is 12.5. The molecule has 4 heteroatoms. The first-order chi connectivity index (χ1) is 9.74. The molecule has 0 fully saturated rings. The molecule has 1 aliphatic heterocycles. The topological polar surface area (TPSA) is 44.8 Å². The fourth-order valence-electron chi connectivity index (χ4n) is 2.41. The quantitative estimate of drug-likeness (QED) is 0.804. The van der Waals surface area contributed by atoms with Crippen molar-refractivity contribution in [3.05, 3.63) is 59.2 Å². The summed E-state index contributed by atoms with van der Waals surface area (Å²) in [5.74, 6) is 0.972. The van der Waals surface area contributed by atoms with Gasteiger partial charge in [-0.25, -0.2) is 4.79 Å². The first-order valence-corrected chi connectivity index (χ1v) is 6.26. The molecule has 0 bridgehead atoms. The highest BCUT2D eigenvalue weighted by Crippen LogP contribution is 2.38. The van der Waals surface area contributed by atoms with E-state index in [0.29, 0.717) is 17.1 Å². The fraction of sp³-hybridized carbons (Fsp3) is 0.188. The van der Waals surface area contributed by atoms with Gasteiger partial charge in [-0.3, -0.25) is 0 Å². The van der Waals surface area contributed by atoms with Crippen molar-refractivity contribution >= 4 is 5.97 Å². The lowest BCUT2D eigenvalue weighted by molar-refractivity contribution is 0.0455. The lowest BCUT2D eigenvalue weighted by Gasteiger charge is -2.14. The Hall–Kier alpha value is -2.49. The van der Waals surface area contributed by atoms with Gasteiger partial charge < -0.3 is 14.2 Å². The zero-order chi connectivity index (χ0) is 14.1. The summed E-state index contributed by atoms with van der Waals surface area (Å²) in [6.45, 7) is 0. The Morgan fingerprint density at radius 3 is 2.50 bits per heavy atom. The van der Waals surface area contributed by atoms with Gasteiger partial charge in [-0.1, -0.05) is 24.3 Å². The van der Waals surface area contributed by atoms with Crippen molar-refractivity contribution in [1.82, 2.24) is 0 Å². The van der Waals surface area contributed by atoms with E-state index in [-0.39, 0.29) is 5.97 Å². The van der Waals surface area contributed by atoms with Crippen LogP contribution in [0.1, 0.15) is 27.6 Å². The summed E-state index contributed by atoms with van der Waals surface area (Å²) in [6, 6.07) is 12.9. The number of rotatable bonds is 3. The predicted octanol–water partition coefficient (Wildman–Crippen LogP) is 2.96. The maximum absolute atomic E-state index is 11.8. The van der Waals surface area contributed by atoms with Gasteiger partial charge in [0.25, 0.3) is 0 Å². The van der Waals surface area contributed by atoms with Crippen LogP contribution in [0, 0.1) is 0 Å². The highest BCUT2D eigenvalue weighted by molar-refractivity contribution is 5.94. The number of hydrogen-bond acceptors (Lipinski definition) is 4. The van der Waals surface area contributed by atoms with Gasteiger partial charge in [0.15, 0.2) is 17.6 Å². The van der Waals surface area contributed by atoms with E-state index in [2.05, 4.69) is 0 Å². The van der Waals surface area contributed by atoms with Crippen molar-refractivity contribution < 1.29 is 19.0 Å². The molecule has 1 aliphatic rings. The predicted molar refractivity (Wildman–Crippen MR) is 73.2 cm³/mol. The molecular formula is C16H14O4. The number of ether oxygens (including phenoxy) is 3. The minimum Gasteiger partial charge on any atom is -0.493 e. The molecular weight excluding hydrogens is 256 g/mol. The number of methoxy groups -OCH3 is 2. The Balaban J connectivity index is 2.05. The van der Waals surface area contributed by atoms with E-state index in [0.717, 1.165) is 11.1 Å². The van der Waals surface area contributed by atoms with Crippen LogP contribution in [0.3, 0.4) is 0 Å². The summed E-state index contributed by atoms with van der Waals surface area (Å²) in [4.78, 5) is 11.8. The van der Waals surface area contributed by atoms with E-state index < -0.39 is 6.10 Å². The lowest BCUT2D eigenvalue weighted by Crippen LogP contribution is -2.01. The van der Waals surface area contributed by atoms with E-state index in [1.165, 1.54) is 0 Å². The summed E-state index contributed by atoms with van der Waals surface area (Å²) in [5.41, 5.74) is 2.36. The van der Waals surface area contributed by atoms with Gasteiger partial charge in [0.1, 0.15) is 0 Å². The standard InChI is InChI=1S/C16H14O4/c1-18-13-8-7-10(9-14(13)19-2)15-11-5-3-4-6-12(11)16(17)20-15/h3-9,15H,1-2H3/t15-/m1/s1. The van der Waals surface area contributed by atoms with Gasteiger partial charge in [0.05, 0.1) is 19.8 Å². The molecule has 20 heavy (non-hydrogen) atoms. The molecule has 0 N–H and O–H groups in total. The summed E-state index contributed by atoms with van der Waals surface area (Å²) >= 11 is 0. The van der Waals surface area contributed by atoms with Crippen molar-refractivity contribution in [1.29, 1.82) is 0 Å². The van der Waals surface area contributed by atoms with Crippen LogP contribution in [0.4, 0.5) is 0 Å². The second-order valence-electron chi connectivity index (χ2n) is 4.49. The monoisotopic (exact) mass is 270 g/mol. The Kier molecular flexibility index (Phi) is 3.06. The first-order valence-electron chi connectivity index (χ1n) is 6.26. The van der Waals surface area contributed by atoms with Crippen LogP contribution in [-0.2, 0) is 4.74 Å². The number of esters is 1. The van der Waals surface area contributed by atoms with Gasteiger partial charge in [-0.2, -0.15) is 0 Å². The molecule has 0 saturated carbocycles. The van der Waals surface area contributed by atoms with E-state index >= 15 is 0 Å². The van der Waals surface area contributed by atoms with Crippen LogP contribution in [0.25, 0.3) is 0 Å². The van der Waals surface area contributed by atoms with Crippen LogP contribution >= 0.6 is 0 Å². The fourth-order valence-corrected chi connectivity index (χ4v) is 2.41. The maximum Gasteiger partial charge on any atom is 0.339 e. The number of cyclic esters (lactones) is 1. The number of fused-ring (bicyclic) bond motifs is 1. The van der Waals surface area contributed by atoms with Gasteiger partial charge in [0, 0.05) is 11.1 Å². The van der Waals surface area contributed by atoms with Gasteiger partial charge in [-0.05, 0) is 18.2 Å². The summed E-state index contributed by atoms with van der Waals surface area (Å²) in [5, 5.41) is 0. The molecule has 2 aromatic rings. The largest absolute Gasteiger partial charge is 0.493 e. The van der Waals surface area contributed by atoms with Crippen LogP contribution < -0.4 is 9.47 Å². The molecule has 0 aliphatic carbocycles. The SMILES string of the molecule is COc1ccc([C@H]2OC(=O)c3ccccc32)cc1OC. The third-order valence-electron chi connectivity index (χ3n) is 3.40. The smallest absolute Gasteiger partial charge is 0.339 e. The zero-order valence-electron chi connectivity index (χ0n) is 11.3. The van der Waals surface area contributed by atoms with Gasteiger partial charge in [0.2, 0.25) is 0 Å². The molecule has 0 spiro atoms. The maximum atomic E-state index is 11.8. The second-order valence-corrected chi connectivity index (χ2v) is 4.49. The van der Waals surface area contributed by atoms with Crippen LogP contribution in [0.15, 0.2) is 42.5 Å². The molecule has 0 aromatic heterocycles. The van der Waals surface area contributed by atoms with Crippen molar-refractivity contribution in [2.75, 3.05) is 14.2 Å². The summed E-state index contributed by atoms with van der Waals surface area (Å²) < 4.78 is 16.0. The normalized spacial score (nSPS) is 16.5. The molecule has 1 atom stereocenters. The molecule has 0 saturated heterocycles. The molecule has 0 radical (unpaired) electrons. The highest BCUT2D eigenvalue weighted by atomic mass is 16.5. The Morgan fingerprint density at radius 2 is 1.75 bits per heavy atom. The molecule has 1 heterocycles. The average molecular weight is 270 g/mol. The Bertz CT molecular complexity index is 663. The molecule has 0 amide bonds. The summed E-state index contributed by atoms with van der Waals surface area (Å²) in [6.07, 6.45) is -0.390. The minimum absolute atomic E-state index is 0.291.